The van der Waals surface area contributed by atoms with Crippen molar-refractivity contribution in [3.8, 4) is 11.5 Å². The number of hydrogen-bond acceptors (Lipinski definition) is 19. The molecule has 0 aliphatic heterocycles. The highest BCUT2D eigenvalue weighted by Gasteiger charge is 2.28. The number of rotatable bonds is 13. The first-order chi connectivity index (χ1) is 27.6. The van der Waals surface area contributed by atoms with E-state index in [0.717, 1.165) is 18.2 Å². The maximum absolute atomic E-state index is 13.2. The summed E-state index contributed by atoms with van der Waals surface area (Å²) < 4.78 is 142. The van der Waals surface area contributed by atoms with Crippen molar-refractivity contribution >= 4 is 102 Å². The second-order valence-corrected chi connectivity index (χ2v) is 18.4. The van der Waals surface area contributed by atoms with Crippen LogP contribution in [0.5, 0.6) is 11.5 Å². The van der Waals surface area contributed by atoms with Gasteiger partial charge in [-0.05, 0) is 61.5 Å². The first-order valence-electron chi connectivity index (χ1n) is 15.8. The zero-order chi connectivity index (χ0) is 43.1. The quantitative estimate of drug-likeness (QED) is 0.0125. The number of phenols is 1. The Balaban J connectivity index is 1.58. The Hall–Kier alpha value is -5.65. The molecule has 0 saturated carbocycles. The van der Waals surface area contributed by atoms with E-state index in [4.69, 9.17) is 15.2 Å². The van der Waals surface area contributed by atoms with E-state index in [0.29, 0.717) is 23.8 Å². The van der Waals surface area contributed by atoms with Crippen molar-refractivity contribution in [1.29, 1.82) is 0 Å². The zero-order valence-electron chi connectivity index (χ0n) is 29.3. The van der Waals surface area contributed by atoms with Crippen LogP contribution in [0.2, 0.25) is 0 Å². The summed E-state index contributed by atoms with van der Waals surface area (Å²) in [4.78, 5) is -3.83. The van der Waals surface area contributed by atoms with Crippen LogP contribution in [-0.2, 0) is 49.8 Å². The number of anilines is 1. The molecule has 21 nitrogen and oxygen atoms in total. The average molecular weight is 908 g/mol. The average Bonchev–Trinajstić information content (AvgIpc) is 3.15. The third-order valence-electron chi connectivity index (χ3n) is 8.10. The van der Waals surface area contributed by atoms with Crippen LogP contribution < -0.4 is 9.92 Å². The van der Waals surface area contributed by atoms with E-state index in [-0.39, 0.29) is 27.5 Å². The SMILES string of the molecule is Cc1ccc(S(=O)(=O)Oc2cc(S(=O)(=O)O)cc3c(S(=O)(=O)O)c(N=Nc4cc(S(=O)(=O)O)c5cc(SOOO)c(N=Nc6ccccc6)c(O)c5c4N)ccc23)cc1. The van der Waals surface area contributed by atoms with Gasteiger partial charge in [0.15, 0.2) is 11.5 Å². The second-order valence-electron chi connectivity index (χ2n) is 12.0. The highest BCUT2D eigenvalue weighted by atomic mass is 32.2. The van der Waals surface area contributed by atoms with Crippen molar-refractivity contribution in [3.05, 3.63) is 96.6 Å². The molecule has 0 unspecified atom stereocenters. The van der Waals surface area contributed by atoms with Crippen LogP contribution in [0, 0.1) is 6.92 Å². The number of nitrogens with two attached hydrogens (primary N) is 1. The van der Waals surface area contributed by atoms with Crippen LogP contribution in [0.1, 0.15) is 5.56 Å². The van der Waals surface area contributed by atoms with E-state index in [1.165, 1.54) is 24.3 Å². The fourth-order valence-electron chi connectivity index (χ4n) is 5.50. The first kappa shape index (κ1) is 42.9. The molecule has 26 heteroatoms. The fraction of sp³-hybridized carbons (Fsp3) is 0.0303. The first-order valence-corrected chi connectivity index (χ1v) is 22.3. The Morgan fingerprint density at radius 1 is 0.661 bits per heavy atom. The van der Waals surface area contributed by atoms with E-state index in [2.05, 4.69) is 29.8 Å². The van der Waals surface area contributed by atoms with Gasteiger partial charge in [0.05, 0.1) is 38.6 Å². The molecule has 0 fully saturated rings. The number of hydrogen-bond donors (Lipinski definition) is 6. The zero-order valence-corrected chi connectivity index (χ0v) is 33.4. The highest BCUT2D eigenvalue weighted by Crippen LogP contribution is 2.50. The molecular formula is C33H25N5O16S5. The van der Waals surface area contributed by atoms with Gasteiger partial charge in [-0.3, -0.25) is 13.7 Å². The van der Waals surface area contributed by atoms with Crippen molar-refractivity contribution in [2.24, 2.45) is 20.5 Å². The maximum Gasteiger partial charge on any atom is 0.339 e. The van der Waals surface area contributed by atoms with E-state index in [9.17, 15) is 52.4 Å². The van der Waals surface area contributed by atoms with Gasteiger partial charge in [0, 0.05) is 22.2 Å². The number of nitrogen functional groups attached to an aromatic ring is 1. The summed E-state index contributed by atoms with van der Waals surface area (Å²) in [6.45, 7) is 1.68. The predicted octanol–water partition coefficient (Wildman–Crippen LogP) is 7.36. The van der Waals surface area contributed by atoms with Gasteiger partial charge in [-0.25, -0.2) is 5.26 Å². The van der Waals surface area contributed by atoms with Gasteiger partial charge in [-0.15, -0.1) is 19.7 Å². The molecule has 6 aromatic carbocycles. The second kappa shape index (κ2) is 16.2. The smallest absolute Gasteiger partial charge is 0.339 e. The molecule has 59 heavy (non-hydrogen) atoms. The van der Waals surface area contributed by atoms with Crippen LogP contribution in [-0.4, -0.2) is 57.7 Å². The van der Waals surface area contributed by atoms with Crippen LogP contribution in [0.4, 0.5) is 28.4 Å². The Kier molecular flexibility index (Phi) is 11.8. The van der Waals surface area contributed by atoms with Gasteiger partial charge in [0.2, 0.25) is 0 Å². The molecule has 7 N–H and O–H groups in total. The Labute approximate surface area is 337 Å². The number of aryl methyl sites for hydroxylation is 1. The summed E-state index contributed by atoms with van der Waals surface area (Å²) in [5, 5.41) is 37.3. The van der Waals surface area contributed by atoms with Crippen molar-refractivity contribution in [1.82, 2.24) is 0 Å². The molecule has 308 valence electrons. The van der Waals surface area contributed by atoms with Gasteiger partial charge < -0.3 is 15.0 Å². The van der Waals surface area contributed by atoms with Crippen molar-refractivity contribution in [3.63, 3.8) is 0 Å². The van der Waals surface area contributed by atoms with Crippen LogP contribution in [0.15, 0.2) is 136 Å². The summed E-state index contributed by atoms with van der Waals surface area (Å²) in [5.74, 6) is -1.68. The van der Waals surface area contributed by atoms with Gasteiger partial charge >= 0.3 is 10.1 Å². The number of aromatic hydroxyl groups is 1. The van der Waals surface area contributed by atoms with E-state index in [1.54, 1.807) is 37.3 Å². The Morgan fingerprint density at radius 3 is 1.93 bits per heavy atom. The summed E-state index contributed by atoms with van der Waals surface area (Å²) >= 11 is 0.237. The van der Waals surface area contributed by atoms with Crippen molar-refractivity contribution in [2.45, 2.75) is 31.4 Å². The molecule has 0 atom stereocenters. The summed E-state index contributed by atoms with van der Waals surface area (Å²) in [6.07, 6.45) is 0. The number of azo groups is 2. The molecule has 0 heterocycles. The van der Waals surface area contributed by atoms with Crippen LogP contribution in [0.25, 0.3) is 21.5 Å². The van der Waals surface area contributed by atoms with E-state index >= 15 is 0 Å². The minimum Gasteiger partial charge on any atom is -0.505 e. The van der Waals surface area contributed by atoms with Gasteiger partial charge in [0.1, 0.15) is 31.7 Å². The Bertz CT molecular complexity index is 3190. The molecule has 0 aliphatic rings. The minimum absolute atomic E-state index is 0.226. The lowest BCUT2D eigenvalue weighted by Gasteiger charge is -2.15. The molecule has 0 aromatic heterocycles. The van der Waals surface area contributed by atoms with Gasteiger partial charge in [-0.1, -0.05) is 40.9 Å². The molecule has 0 spiro atoms. The van der Waals surface area contributed by atoms with Gasteiger partial charge in [0.25, 0.3) is 30.4 Å². The molecule has 0 bridgehead atoms. The van der Waals surface area contributed by atoms with Crippen LogP contribution in [0.3, 0.4) is 0 Å². The molecule has 0 aliphatic carbocycles. The standard InChI is InChI=1S/C33H25N5O16S5/c1-17-7-9-19(10-8-17)59(50,51)52-26-14-20(56(41,42)43)13-22-21(26)11-12-24(33(22)58(47,48)49)36-37-25-16-28(57(44,45)46)23-15-27(55-54-53-40)31(32(39)29(23)30(25)34)38-35-18-5-3-2-4-6-18/h2-16,39-40H,34H2,1H3,(H,41,42,43)(H,44,45,46)(H,47,48,49). The molecule has 0 radical (unpaired) electrons. The molecular weight excluding hydrogens is 883 g/mol. The lowest BCUT2D eigenvalue weighted by atomic mass is 10.0. The normalized spacial score (nSPS) is 12.9. The number of benzene rings is 6. The summed E-state index contributed by atoms with van der Waals surface area (Å²) in [5.41, 5.74) is 4.89. The largest absolute Gasteiger partial charge is 0.505 e. The molecule has 0 saturated heterocycles. The summed E-state index contributed by atoms with van der Waals surface area (Å²) in [6, 6.07) is 18.0. The van der Waals surface area contributed by atoms with Crippen molar-refractivity contribution in [2.75, 3.05) is 5.73 Å². The molecule has 6 rings (SSSR count). The number of nitrogens with zero attached hydrogens (tertiary/aromatic N) is 4. The van der Waals surface area contributed by atoms with E-state index < -0.39 is 111 Å². The third-order valence-corrected chi connectivity index (χ3v) is 12.6. The number of phenolic OH excluding ortho intramolecular Hbond substituents is 1. The Morgan fingerprint density at radius 2 is 1.32 bits per heavy atom. The number of fused-ring (bicyclic) bond motifs is 2. The molecule has 6 aromatic rings. The predicted molar refractivity (Wildman–Crippen MR) is 208 cm³/mol. The highest BCUT2D eigenvalue weighted by molar-refractivity contribution is 7.94. The van der Waals surface area contributed by atoms with Crippen molar-refractivity contribution < 1.29 is 71.2 Å². The van der Waals surface area contributed by atoms with Gasteiger partial charge in [-0.2, -0.15) is 38.8 Å². The molecule has 0 amide bonds. The lowest BCUT2D eigenvalue weighted by Crippen LogP contribution is -2.11. The monoisotopic (exact) mass is 907 g/mol. The topological polar surface area (TPSA) is 341 Å². The fourth-order valence-corrected chi connectivity index (χ4v) is 8.97. The lowest BCUT2D eigenvalue weighted by molar-refractivity contribution is -0.432. The minimum atomic E-state index is -5.48. The van der Waals surface area contributed by atoms with E-state index in [1.807, 2.05) is 0 Å². The third kappa shape index (κ3) is 9.16. The van der Waals surface area contributed by atoms with Crippen LogP contribution >= 0.6 is 12.0 Å². The maximum atomic E-state index is 13.2. The summed E-state index contributed by atoms with van der Waals surface area (Å²) in [7, 11) is -20.7.